The summed E-state index contributed by atoms with van der Waals surface area (Å²) in [5, 5.41) is 2.90. The number of benzene rings is 1. The molecule has 1 aromatic carbocycles. The summed E-state index contributed by atoms with van der Waals surface area (Å²) in [5.41, 5.74) is 3.77. The number of carbonyl (C=O) groups is 1. The Kier molecular flexibility index (Phi) is 4.55. The second-order valence-electron chi connectivity index (χ2n) is 4.28. The van der Waals surface area contributed by atoms with E-state index in [-0.39, 0.29) is 5.91 Å². The second-order valence-corrected chi connectivity index (χ2v) is 4.28. The molecule has 3 heteroatoms. The molecule has 0 unspecified atom stereocenters. The van der Waals surface area contributed by atoms with Crippen LogP contribution in [-0.2, 0) is 0 Å². The average molecular weight is 235 g/mol. The molecule has 0 saturated heterocycles. The molecular weight excluding hydrogens is 214 g/mol. The van der Waals surface area contributed by atoms with Gasteiger partial charge in [-0.05, 0) is 49.9 Å². The topological polar surface area (TPSA) is 38.3 Å². The number of rotatable bonds is 4. The van der Waals surface area contributed by atoms with Gasteiger partial charge < -0.3 is 10.1 Å². The second kappa shape index (κ2) is 5.71. The Bertz CT molecular complexity index is 425. The predicted octanol–water partition coefficient (Wildman–Crippen LogP) is 2.76. The van der Waals surface area contributed by atoms with Crippen molar-refractivity contribution in [2.45, 2.75) is 34.1 Å². The van der Waals surface area contributed by atoms with E-state index >= 15 is 0 Å². The van der Waals surface area contributed by atoms with Crippen LogP contribution in [0.5, 0.6) is 5.75 Å². The van der Waals surface area contributed by atoms with Crippen LogP contribution in [0.25, 0.3) is 0 Å². The van der Waals surface area contributed by atoms with Crippen LogP contribution in [0.1, 0.15) is 40.4 Å². The van der Waals surface area contributed by atoms with Gasteiger partial charge in [-0.15, -0.1) is 0 Å². The zero-order valence-corrected chi connectivity index (χ0v) is 11.3. The third-order valence-corrected chi connectivity index (χ3v) is 3.01. The van der Waals surface area contributed by atoms with Gasteiger partial charge in [0.1, 0.15) is 5.75 Å². The quantitative estimate of drug-likeness (QED) is 0.871. The van der Waals surface area contributed by atoms with E-state index in [1.165, 1.54) is 0 Å². The summed E-state index contributed by atoms with van der Waals surface area (Å²) in [6.07, 6.45) is 0.943. The molecule has 1 aromatic rings. The molecule has 1 rings (SSSR count). The summed E-state index contributed by atoms with van der Waals surface area (Å²) in [6, 6.07) is 1.90. The number of nitrogens with one attached hydrogen (secondary N) is 1. The van der Waals surface area contributed by atoms with Crippen LogP contribution >= 0.6 is 0 Å². The lowest BCUT2D eigenvalue weighted by molar-refractivity contribution is 0.0953. The molecule has 0 fully saturated rings. The Morgan fingerprint density at radius 3 is 2.47 bits per heavy atom. The summed E-state index contributed by atoms with van der Waals surface area (Å²) in [7, 11) is 1.66. The van der Waals surface area contributed by atoms with Gasteiger partial charge in [0.05, 0.1) is 7.11 Å². The molecule has 0 bridgehead atoms. The fraction of sp³-hybridized carbons (Fsp3) is 0.500. The smallest absolute Gasteiger partial charge is 0.251 e. The Labute approximate surface area is 103 Å². The van der Waals surface area contributed by atoms with Crippen molar-refractivity contribution in [3.8, 4) is 5.75 Å². The van der Waals surface area contributed by atoms with Crippen molar-refractivity contribution < 1.29 is 9.53 Å². The van der Waals surface area contributed by atoms with Gasteiger partial charge >= 0.3 is 0 Å². The first kappa shape index (κ1) is 13.6. The summed E-state index contributed by atoms with van der Waals surface area (Å²) in [5.74, 6) is 0.868. The van der Waals surface area contributed by atoms with Gasteiger partial charge in [0.2, 0.25) is 0 Å². The molecule has 1 amide bonds. The van der Waals surface area contributed by atoms with Crippen molar-refractivity contribution in [1.82, 2.24) is 5.32 Å². The third-order valence-electron chi connectivity index (χ3n) is 3.01. The molecule has 0 atom stereocenters. The first-order valence-electron chi connectivity index (χ1n) is 5.95. The van der Waals surface area contributed by atoms with Gasteiger partial charge in [-0.3, -0.25) is 4.79 Å². The van der Waals surface area contributed by atoms with Gasteiger partial charge in [0.25, 0.3) is 5.91 Å². The predicted molar refractivity (Wildman–Crippen MR) is 69.8 cm³/mol. The van der Waals surface area contributed by atoms with Gasteiger partial charge in [0.15, 0.2) is 0 Å². The Balaban J connectivity index is 3.14. The zero-order chi connectivity index (χ0) is 13.0. The van der Waals surface area contributed by atoms with E-state index in [4.69, 9.17) is 4.74 Å². The number of methoxy groups -OCH3 is 1. The van der Waals surface area contributed by atoms with Crippen LogP contribution in [0.3, 0.4) is 0 Å². The minimum atomic E-state index is -0.00166. The van der Waals surface area contributed by atoms with E-state index in [0.717, 1.165) is 34.4 Å². The fourth-order valence-electron chi connectivity index (χ4n) is 1.94. The highest BCUT2D eigenvalue weighted by Gasteiger charge is 2.15. The normalized spacial score (nSPS) is 10.2. The number of amides is 1. The Morgan fingerprint density at radius 1 is 1.29 bits per heavy atom. The number of hydrogen-bond acceptors (Lipinski definition) is 2. The lowest BCUT2D eigenvalue weighted by atomic mass is 9.98. The van der Waals surface area contributed by atoms with E-state index in [2.05, 4.69) is 5.32 Å². The lowest BCUT2D eigenvalue weighted by Crippen LogP contribution is -2.25. The molecule has 3 nitrogen and oxygen atoms in total. The number of hydrogen-bond donors (Lipinski definition) is 1. The van der Waals surface area contributed by atoms with Gasteiger partial charge in [-0.25, -0.2) is 0 Å². The average Bonchev–Trinajstić information content (AvgIpc) is 2.31. The molecule has 1 N–H and O–H groups in total. The molecule has 0 aliphatic rings. The molecule has 0 aliphatic heterocycles. The molecule has 0 aliphatic carbocycles. The van der Waals surface area contributed by atoms with Crippen molar-refractivity contribution >= 4 is 5.91 Å². The van der Waals surface area contributed by atoms with Crippen molar-refractivity contribution in [1.29, 1.82) is 0 Å². The van der Waals surface area contributed by atoms with Crippen LogP contribution in [0.4, 0.5) is 0 Å². The van der Waals surface area contributed by atoms with E-state index in [1.54, 1.807) is 7.11 Å². The number of carbonyl (C=O) groups excluding carboxylic acids is 1. The first-order valence-corrected chi connectivity index (χ1v) is 5.95. The Morgan fingerprint density at radius 2 is 1.94 bits per heavy atom. The highest BCUT2D eigenvalue weighted by molar-refractivity contribution is 5.96. The van der Waals surface area contributed by atoms with Crippen LogP contribution in [0.2, 0.25) is 0 Å². The summed E-state index contributed by atoms with van der Waals surface area (Å²) >= 11 is 0. The van der Waals surface area contributed by atoms with Gasteiger partial charge in [-0.1, -0.05) is 6.92 Å². The van der Waals surface area contributed by atoms with Crippen LogP contribution in [0.15, 0.2) is 6.07 Å². The molecule has 0 aromatic heterocycles. The largest absolute Gasteiger partial charge is 0.496 e. The van der Waals surface area contributed by atoms with E-state index in [1.807, 2.05) is 33.8 Å². The zero-order valence-electron chi connectivity index (χ0n) is 11.3. The SMILES string of the molecule is CCCNC(=O)c1cc(C)c(OC)c(C)c1C. The van der Waals surface area contributed by atoms with Crippen LogP contribution in [0, 0.1) is 20.8 Å². The number of ether oxygens (including phenoxy) is 1. The standard InChI is InChI=1S/C14H21NO2/c1-6-7-15-14(16)12-8-9(2)13(17-5)11(4)10(12)3/h8H,6-7H2,1-5H3,(H,15,16). The molecule has 94 valence electrons. The number of aryl methyl sites for hydroxylation is 1. The highest BCUT2D eigenvalue weighted by atomic mass is 16.5. The van der Waals surface area contributed by atoms with Crippen molar-refractivity contribution in [2.24, 2.45) is 0 Å². The molecule has 0 saturated carbocycles. The minimum Gasteiger partial charge on any atom is -0.496 e. The molecule has 0 radical (unpaired) electrons. The maximum absolute atomic E-state index is 12.0. The Hall–Kier alpha value is -1.51. The van der Waals surface area contributed by atoms with E-state index in [0.29, 0.717) is 6.54 Å². The summed E-state index contributed by atoms with van der Waals surface area (Å²) in [6.45, 7) is 8.65. The highest BCUT2D eigenvalue weighted by Crippen LogP contribution is 2.28. The molecule has 17 heavy (non-hydrogen) atoms. The molecule has 0 spiro atoms. The van der Waals surface area contributed by atoms with E-state index in [9.17, 15) is 4.79 Å². The van der Waals surface area contributed by atoms with Crippen LogP contribution < -0.4 is 10.1 Å². The maximum atomic E-state index is 12.0. The van der Waals surface area contributed by atoms with Crippen molar-refractivity contribution in [3.63, 3.8) is 0 Å². The first-order chi connectivity index (χ1) is 8.02. The summed E-state index contributed by atoms with van der Waals surface area (Å²) < 4.78 is 5.34. The maximum Gasteiger partial charge on any atom is 0.251 e. The monoisotopic (exact) mass is 235 g/mol. The fourth-order valence-corrected chi connectivity index (χ4v) is 1.94. The van der Waals surface area contributed by atoms with Gasteiger partial charge in [0, 0.05) is 12.1 Å². The van der Waals surface area contributed by atoms with Crippen molar-refractivity contribution in [3.05, 3.63) is 28.3 Å². The van der Waals surface area contributed by atoms with Gasteiger partial charge in [-0.2, -0.15) is 0 Å². The molecular formula is C14H21NO2. The van der Waals surface area contributed by atoms with Crippen LogP contribution in [-0.4, -0.2) is 19.6 Å². The van der Waals surface area contributed by atoms with Crippen molar-refractivity contribution in [2.75, 3.05) is 13.7 Å². The minimum absolute atomic E-state index is 0.00166. The summed E-state index contributed by atoms with van der Waals surface area (Å²) in [4.78, 5) is 12.0. The third kappa shape index (κ3) is 2.78. The molecule has 0 heterocycles. The van der Waals surface area contributed by atoms with E-state index < -0.39 is 0 Å². The lowest BCUT2D eigenvalue weighted by Gasteiger charge is -2.15.